The van der Waals surface area contributed by atoms with Gasteiger partial charge in [-0.2, -0.15) is 0 Å². The monoisotopic (exact) mass is 280 g/mol. The van der Waals surface area contributed by atoms with Crippen molar-refractivity contribution in [1.82, 2.24) is 4.98 Å². The molecule has 0 spiro atoms. The van der Waals surface area contributed by atoms with Gasteiger partial charge in [-0.25, -0.2) is 4.98 Å². The second-order valence-electron chi connectivity index (χ2n) is 2.86. The minimum atomic E-state index is -0.0790. The number of nitrogens with two attached hydrogens (primary N) is 1. The minimum Gasteiger partial charge on any atom is -0.396 e. The molecule has 1 rings (SSSR count). The van der Waals surface area contributed by atoms with Gasteiger partial charge in [-0.3, -0.25) is 0 Å². The summed E-state index contributed by atoms with van der Waals surface area (Å²) in [5.74, 6) is 0. The Morgan fingerprint density at radius 2 is 2.21 bits per heavy atom. The molecule has 0 amide bonds. The lowest BCUT2D eigenvalue weighted by atomic mass is 10.1. The van der Waals surface area contributed by atoms with Crippen molar-refractivity contribution < 1.29 is 5.11 Å². The van der Waals surface area contributed by atoms with Gasteiger partial charge in [0.2, 0.25) is 0 Å². The molecular weight excluding hydrogens is 267 g/mol. The molecule has 0 bridgehead atoms. The summed E-state index contributed by atoms with van der Waals surface area (Å²) in [6.07, 6.45) is 1.48. The summed E-state index contributed by atoms with van der Waals surface area (Å²) in [7, 11) is 0. The van der Waals surface area contributed by atoms with Crippen LogP contribution in [0.1, 0.15) is 24.6 Å². The molecular formula is C9H14BrClN2O. The molecule has 0 aliphatic carbocycles. The largest absolute Gasteiger partial charge is 0.396 e. The third-order valence-corrected chi connectivity index (χ3v) is 2.23. The zero-order chi connectivity index (χ0) is 9.68. The Bertz CT molecular complexity index is 273. The zero-order valence-corrected chi connectivity index (χ0v) is 10.1. The second kappa shape index (κ2) is 7.17. The molecule has 1 atom stereocenters. The number of aliphatic hydroxyl groups is 1. The predicted molar refractivity (Wildman–Crippen MR) is 62.4 cm³/mol. The van der Waals surface area contributed by atoms with E-state index in [1.54, 1.807) is 0 Å². The van der Waals surface area contributed by atoms with Crippen LogP contribution in [-0.2, 0) is 0 Å². The van der Waals surface area contributed by atoms with Gasteiger partial charge < -0.3 is 10.8 Å². The Morgan fingerprint density at radius 1 is 1.50 bits per heavy atom. The lowest BCUT2D eigenvalue weighted by Crippen LogP contribution is -2.12. The Kier molecular flexibility index (Phi) is 7.09. The van der Waals surface area contributed by atoms with E-state index in [4.69, 9.17) is 10.8 Å². The smallest absolute Gasteiger partial charge is 0.106 e. The van der Waals surface area contributed by atoms with Crippen LogP contribution in [0.3, 0.4) is 0 Å². The SMILES string of the molecule is Cl.N[C@H](CCCO)c1cccc(Br)n1. The second-order valence-corrected chi connectivity index (χ2v) is 3.67. The topological polar surface area (TPSA) is 59.1 Å². The molecule has 0 aliphatic rings. The number of pyridine rings is 1. The Labute approximate surface area is 98.3 Å². The van der Waals surface area contributed by atoms with E-state index >= 15 is 0 Å². The first-order chi connectivity index (χ1) is 6.24. The van der Waals surface area contributed by atoms with Gasteiger partial charge in [0.25, 0.3) is 0 Å². The first-order valence-electron chi connectivity index (χ1n) is 4.23. The summed E-state index contributed by atoms with van der Waals surface area (Å²) in [6, 6.07) is 5.59. The van der Waals surface area contributed by atoms with E-state index in [9.17, 15) is 0 Å². The van der Waals surface area contributed by atoms with Crippen molar-refractivity contribution in [2.75, 3.05) is 6.61 Å². The number of aliphatic hydroxyl groups excluding tert-OH is 1. The normalized spacial score (nSPS) is 11.9. The predicted octanol–water partition coefficient (Wildman–Crippen LogP) is 2.04. The molecule has 80 valence electrons. The average Bonchev–Trinajstić information content (AvgIpc) is 2.14. The molecule has 3 N–H and O–H groups in total. The number of halogens is 2. The maximum Gasteiger partial charge on any atom is 0.106 e. The molecule has 1 aromatic heterocycles. The summed E-state index contributed by atoms with van der Waals surface area (Å²) < 4.78 is 0.796. The highest BCUT2D eigenvalue weighted by Gasteiger charge is 2.06. The summed E-state index contributed by atoms with van der Waals surface area (Å²) in [5.41, 5.74) is 6.72. The molecule has 5 heteroatoms. The molecule has 14 heavy (non-hydrogen) atoms. The number of hydrogen-bond donors (Lipinski definition) is 2. The average molecular weight is 282 g/mol. The van der Waals surface area contributed by atoms with Crippen LogP contribution in [0, 0.1) is 0 Å². The van der Waals surface area contributed by atoms with Crippen molar-refractivity contribution in [3.63, 3.8) is 0 Å². The van der Waals surface area contributed by atoms with E-state index in [0.717, 1.165) is 23.1 Å². The van der Waals surface area contributed by atoms with Gasteiger partial charge >= 0.3 is 0 Å². The van der Waals surface area contributed by atoms with Gasteiger partial charge in [0.1, 0.15) is 4.60 Å². The fourth-order valence-corrected chi connectivity index (χ4v) is 1.45. The Hall–Kier alpha value is -0.160. The maximum atomic E-state index is 8.63. The van der Waals surface area contributed by atoms with Crippen LogP contribution in [0.15, 0.2) is 22.8 Å². The summed E-state index contributed by atoms with van der Waals surface area (Å²) in [5, 5.41) is 8.63. The standard InChI is InChI=1S/C9H13BrN2O.ClH/c10-9-5-1-4-8(12-9)7(11)3-2-6-13;/h1,4-5,7,13H,2-3,6,11H2;1H/t7-;/m1./s1. The van der Waals surface area contributed by atoms with Crippen LogP contribution in [0.5, 0.6) is 0 Å². The first kappa shape index (κ1) is 13.8. The molecule has 1 aromatic rings. The van der Waals surface area contributed by atoms with Crippen molar-refractivity contribution >= 4 is 28.3 Å². The third-order valence-electron chi connectivity index (χ3n) is 1.79. The molecule has 0 unspecified atom stereocenters. The van der Waals surface area contributed by atoms with Gasteiger partial charge in [-0.15, -0.1) is 12.4 Å². The van der Waals surface area contributed by atoms with Gasteiger partial charge in [0, 0.05) is 12.6 Å². The highest BCUT2D eigenvalue weighted by atomic mass is 79.9. The van der Waals surface area contributed by atoms with Gasteiger partial charge in [-0.05, 0) is 40.9 Å². The van der Waals surface area contributed by atoms with Gasteiger partial charge in [-0.1, -0.05) is 6.07 Å². The van der Waals surface area contributed by atoms with E-state index in [-0.39, 0.29) is 25.1 Å². The Balaban J connectivity index is 0.00000169. The zero-order valence-electron chi connectivity index (χ0n) is 7.69. The van der Waals surface area contributed by atoms with E-state index in [1.165, 1.54) is 0 Å². The molecule has 0 radical (unpaired) electrons. The molecule has 0 aliphatic heterocycles. The fourth-order valence-electron chi connectivity index (χ4n) is 1.09. The van der Waals surface area contributed by atoms with Crippen LogP contribution >= 0.6 is 28.3 Å². The van der Waals surface area contributed by atoms with Crippen LogP contribution in [0.2, 0.25) is 0 Å². The van der Waals surface area contributed by atoms with E-state index in [2.05, 4.69) is 20.9 Å². The molecule has 0 saturated carbocycles. The van der Waals surface area contributed by atoms with E-state index in [1.807, 2.05) is 18.2 Å². The highest BCUT2D eigenvalue weighted by molar-refractivity contribution is 9.10. The van der Waals surface area contributed by atoms with Crippen LogP contribution < -0.4 is 5.73 Å². The Morgan fingerprint density at radius 3 is 2.79 bits per heavy atom. The van der Waals surface area contributed by atoms with E-state index in [0.29, 0.717) is 0 Å². The summed E-state index contributed by atoms with van der Waals surface area (Å²) in [6.45, 7) is 0.182. The van der Waals surface area contributed by atoms with Crippen molar-refractivity contribution in [2.45, 2.75) is 18.9 Å². The van der Waals surface area contributed by atoms with Crippen molar-refractivity contribution in [2.24, 2.45) is 5.73 Å². The minimum absolute atomic E-state index is 0. The number of rotatable bonds is 4. The fraction of sp³-hybridized carbons (Fsp3) is 0.444. The van der Waals surface area contributed by atoms with Crippen molar-refractivity contribution in [3.05, 3.63) is 28.5 Å². The first-order valence-corrected chi connectivity index (χ1v) is 5.02. The number of aromatic nitrogens is 1. The van der Waals surface area contributed by atoms with E-state index < -0.39 is 0 Å². The molecule has 0 saturated heterocycles. The van der Waals surface area contributed by atoms with Crippen LogP contribution in [0.25, 0.3) is 0 Å². The quantitative estimate of drug-likeness (QED) is 0.830. The lowest BCUT2D eigenvalue weighted by molar-refractivity contribution is 0.279. The highest BCUT2D eigenvalue weighted by Crippen LogP contribution is 2.15. The van der Waals surface area contributed by atoms with Crippen LogP contribution in [0.4, 0.5) is 0 Å². The summed E-state index contributed by atoms with van der Waals surface area (Å²) in [4.78, 5) is 4.24. The lowest BCUT2D eigenvalue weighted by Gasteiger charge is -2.09. The molecule has 0 aromatic carbocycles. The van der Waals surface area contributed by atoms with Crippen molar-refractivity contribution in [3.8, 4) is 0 Å². The third kappa shape index (κ3) is 4.37. The number of hydrogen-bond acceptors (Lipinski definition) is 3. The van der Waals surface area contributed by atoms with Gasteiger partial charge in [0.15, 0.2) is 0 Å². The van der Waals surface area contributed by atoms with Crippen LogP contribution in [-0.4, -0.2) is 16.7 Å². The maximum absolute atomic E-state index is 8.63. The molecule has 3 nitrogen and oxygen atoms in total. The number of nitrogens with zero attached hydrogens (tertiary/aromatic N) is 1. The summed E-state index contributed by atoms with van der Waals surface area (Å²) >= 11 is 3.28. The van der Waals surface area contributed by atoms with Gasteiger partial charge in [0.05, 0.1) is 5.69 Å². The van der Waals surface area contributed by atoms with Crippen molar-refractivity contribution in [1.29, 1.82) is 0 Å². The molecule has 0 fully saturated rings. The molecule has 1 heterocycles.